The second-order valence-corrected chi connectivity index (χ2v) is 21.4. The standard InChI is InChI=1S/C51H57BN2S/c1-30-14-23-42-36(26-30)44-47(55-42)53(35-18-15-33(16-19-35)48(4,5)6)40-27-31(2)28-41-45(40)52(44)38-21-20-37-43(51(12,13)25-24-50(37,10)11)46(38)54(41)39-22-17-34(29-32(39)3)49(7,8)9/h14-23,26-29H,24-25H2,1-13H3. The van der Waals surface area contributed by atoms with Crippen LogP contribution in [0.4, 0.5) is 33.4 Å². The quantitative estimate of drug-likeness (QED) is 0.163. The average molecular weight is 741 g/mol. The largest absolute Gasteiger partial charge is 0.311 e. The van der Waals surface area contributed by atoms with Crippen LogP contribution in [0, 0.1) is 20.8 Å². The second kappa shape index (κ2) is 11.9. The molecule has 0 bridgehead atoms. The van der Waals surface area contributed by atoms with Crippen molar-refractivity contribution in [1.82, 2.24) is 0 Å². The van der Waals surface area contributed by atoms with E-state index < -0.39 is 0 Å². The molecule has 1 aliphatic carbocycles. The van der Waals surface area contributed by atoms with Crippen molar-refractivity contribution >= 4 is 78.0 Å². The summed E-state index contributed by atoms with van der Waals surface area (Å²) < 4.78 is 1.36. The summed E-state index contributed by atoms with van der Waals surface area (Å²) in [5, 5.41) is 2.74. The van der Waals surface area contributed by atoms with Gasteiger partial charge >= 0.3 is 0 Å². The van der Waals surface area contributed by atoms with Crippen LogP contribution >= 0.6 is 11.3 Å². The SMILES string of the molecule is Cc1cc2c3c(c1)N(c1ccc(C(C)(C)C)cc1C)c1c(ccc4c1C(C)(C)CCC4(C)C)B3c1c(sc3ccc(C)cc13)N2c1ccc(C(C)(C)C)cc1. The minimum atomic E-state index is 0.0174. The molecular formula is C51H57BN2S. The third-order valence-electron chi connectivity index (χ3n) is 13.2. The number of fused-ring (bicyclic) bond motifs is 8. The van der Waals surface area contributed by atoms with Crippen LogP contribution in [0.15, 0.2) is 84.9 Å². The first-order chi connectivity index (χ1) is 25.8. The number of hydrogen-bond donors (Lipinski definition) is 0. The Bertz CT molecular complexity index is 2550. The van der Waals surface area contributed by atoms with E-state index >= 15 is 0 Å². The van der Waals surface area contributed by atoms with Gasteiger partial charge in [-0.05, 0) is 147 Å². The highest BCUT2D eigenvalue weighted by Gasteiger charge is 2.49. The van der Waals surface area contributed by atoms with Gasteiger partial charge in [-0.1, -0.05) is 123 Å². The van der Waals surface area contributed by atoms with Crippen LogP contribution in [-0.4, -0.2) is 6.71 Å². The van der Waals surface area contributed by atoms with E-state index in [1.165, 1.54) is 112 Å². The minimum absolute atomic E-state index is 0.0174. The molecule has 5 aromatic carbocycles. The molecule has 0 N–H and O–H groups in total. The number of aryl methyl sites for hydroxylation is 3. The van der Waals surface area contributed by atoms with Crippen molar-refractivity contribution in [1.29, 1.82) is 0 Å². The first-order valence-electron chi connectivity index (χ1n) is 20.4. The van der Waals surface area contributed by atoms with Crippen molar-refractivity contribution in [3.8, 4) is 0 Å². The molecule has 3 heterocycles. The van der Waals surface area contributed by atoms with E-state index in [0.29, 0.717) is 0 Å². The lowest BCUT2D eigenvalue weighted by Gasteiger charge is -2.49. The maximum Gasteiger partial charge on any atom is 0.254 e. The molecule has 0 fully saturated rings. The van der Waals surface area contributed by atoms with Crippen LogP contribution in [0.1, 0.15) is 121 Å². The molecule has 280 valence electrons. The molecule has 2 aliphatic heterocycles. The van der Waals surface area contributed by atoms with Crippen molar-refractivity contribution in [3.05, 3.63) is 124 Å². The fourth-order valence-corrected chi connectivity index (χ4v) is 11.2. The maximum atomic E-state index is 2.72. The highest BCUT2D eigenvalue weighted by Crippen LogP contribution is 2.55. The van der Waals surface area contributed by atoms with E-state index in [4.69, 9.17) is 0 Å². The zero-order valence-electron chi connectivity index (χ0n) is 35.4. The number of anilines is 6. The van der Waals surface area contributed by atoms with Gasteiger partial charge in [-0.3, -0.25) is 0 Å². The van der Waals surface area contributed by atoms with Gasteiger partial charge in [0, 0.05) is 33.1 Å². The third kappa shape index (κ3) is 5.48. The summed E-state index contributed by atoms with van der Waals surface area (Å²) in [6.07, 6.45) is 2.36. The van der Waals surface area contributed by atoms with Crippen molar-refractivity contribution in [2.45, 2.75) is 125 Å². The number of rotatable bonds is 2. The molecule has 3 aliphatic rings. The Balaban J connectivity index is 1.43. The number of benzene rings is 5. The molecule has 0 atom stereocenters. The summed E-state index contributed by atoms with van der Waals surface area (Å²) in [4.78, 5) is 5.32. The molecule has 9 rings (SSSR count). The lowest BCUT2D eigenvalue weighted by Crippen LogP contribution is -2.61. The monoisotopic (exact) mass is 740 g/mol. The van der Waals surface area contributed by atoms with Crippen LogP contribution in [0.3, 0.4) is 0 Å². The highest BCUT2D eigenvalue weighted by atomic mass is 32.1. The van der Waals surface area contributed by atoms with Gasteiger partial charge in [0.1, 0.15) is 0 Å². The van der Waals surface area contributed by atoms with Gasteiger partial charge in [-0.15, -0.1) is 11.3 Å². The third-order valence-corrected chi connectivity index (χ3v) is 14.4. The Labute approximate surface area is 334 Å². The average Bonchev–Trinajstić information content (AvgIpc) is 3.47. The smallest absolute Gasteiger partial charge is 0.254 e. The van der Waals surface area contributed by atoms with E-state index in [9.17, 15) is 0 Å². The molecule has 4 heteroatoms. The van der Waals surface area contributed by atoms with E-state index in [-0.39, 0.29) is 28.4 Å². The Morgan fingerprint density at radius 1 is 0.600 bits per heavy atom. The summed E-state index contributed by atoms with van der Waals surface area (Å²) in [5.41, 5.74) is 20.8. The van der Waals surface area contributed by atoms with Crippen molar-refractivity contribution in [2.75, 3.05) is 9.80 Å². The first kappa shape index (κ1) is 36.4. The van der Waals surface area contributed by atoms with Crippen molar-refractivity contribution in [2.24, 2.45) is 0 Å². The molecule has 0 saturated carbocycles. The fraction of sp³-hybridized carbons (Fsp3) is 0.373. The van der Waals surface area contributed by atoms with Gasteiger partial charge in [-0.2, -0.15) is 0 Å². The minimum Gasteiger partial charge on any atom is -0.311 e. The molecule has 0 spiro atoms. The predicted molar refractivity (Wildman–Crippen MR) is 243 cm³/mol. The van der Waals surface area contributed by atoms with Gasteiger partial charge < -0.3 is 9.80 Å². The van der Waals surface area contributed by atoms with Gasteiger partial charge in [0.2, 0.25) is 0 Å². The molecule has 0 amide bonds. The Kier molecular flexibility index (Phi) is 7.85. The molecule has 0 radical (unpaired) electrons. The Morgan fingerprint density at radius 2 is 1.24 bits per heavy atom. The van der Waals surface area contributed by atoms with Crippen LogP contribution in [0.25, 0.3) is 10.1 Å². The molecule has 0 saturated heterocycles. The molecule has 2 nitrogen and oxygen atoms in total. The van der Waals surface area contributed by atoms with Crippen LogP contribution in [0.2, 0.25) is 0 Å². The lowest BCUT2D eigenvalue weighted by atomic mass is 9.33. The first-order valence-corrected chi connectivity index (χ1v) is 21.3. The summed E-state index contributed by atoms with van der Waals surface area (Å²) in [6, 6.07) is 33.8. The lowest BCUT2D eigenvalue weighted by molar-refractivity contribution is 0.333. The molecular weight excluding hydrogens is 683 g/mol. The van der Waals surface area contributed by atoms with Crippen molar-refractivity contribution < 1.29 is 0 Å². The summed E-state index contributed by atoms with van der Waals surface area (Å²) in [6.45, 7) is 30.8. The second-order valence-electron chi connectivity index (χ2n) is 20.4. The van der Waals surface area contributed by atoms with E-state index in [1.807, 2.05) is 11.3 Å². The summed E-state index contributed by atoms with van der Waals surface area (Å²) in [7, 11) is 0. The van der Waals surface area contributed by atoms with Crippen LogP contribution in [-0.2, 0) is 21.7 Å². The normalized spacial score (nSPS) is 16.9. The zero-order valence-corrected chi connectivity index (χ0v) is 36.2. The topological polar surface area (TPSA) is 6.48 Å². The zero-order chi connectivity index (χ0) is 39.1. The highest BCUT2D eigenvalue weighted by molar-refractivity contribution is 7.26. The molecule has 55 heavy (non-hydrogen) atoms. The molecule has 0 unspecified atom stereocenters. The number of nitrogens with zero attached hydrogens (tertiary/aromatic N) is 2. The van der Waals surface area contributed by atoms with Crippen molar-refractivity contribution in [3.63, 3.8) is 0 Å². The Morgan fingerprint density at radius 3 is 1.89 bits per heavy atom. The Hall–Kier alpha value is -4.28. The van der Waals surface area contributed by atoms with Crippen LogP contribution < -0.4 is 26.2 Å². The van der Waals surface area contributed by atoms with E-state index in [2.05, 4.69) is 185 Å². The summed E-state index contributed by atoms with van der Waals surface area (Å²) in [5.74, 6) is 0. The number of thiophene rings is 1. The van der Waals surface area contributed by atoms with Gasteiger partial charge in [0.25, 0.3) is 6.71 Å². The fourth-order valence-electron chi connectivity index (χ4n) is 9.98. The van der Waals surface area contributed by atoms with Gasteiger partial charge in [0.05, 0.1) is 5.00 Å². The van der Waals surface area contributed by atoms with Gasteiger partial charge in [-0.25, -0.2) is 0 Å². The maximum absolute atomic E-state index is 2.72. The predicted octanol–water partition coefficient (Wildman–Crippen LogP) is 12.9. The van der Waals surface area contributed by atoms with Crippen LogP contribution in [0.5, 0.6) is 0 Å². The number of hydrogen-bond acceptors (Lipinski definition) is 3. The molecule has 1 aromatic heterocycles. The van der Waals surface area contributed by atoms with Gasteiger partial charge in [0.15, 0.2) is 0 Å². The van der Waals surface area contributed by atoms with E-state index in [1.54, 1.807) is 0 Å². The summed E-state index contributed by atoms with van der Waals surface area (Å²) >= 11 is 1.96. The molecule has 6 aromatic rings. The van der Waals surface area contributed by atoms with E-state index in [0.717, 1.165) is 0 Å².